The summed E-state index contributed by atoms with van der Waals surface area (Å²) < 4.78 is 0. The highest BCUT2D eigenvalue weighted by Crippen LogP contribution is 2.28. The van der Waals surface area contributed by atoms with Crippen molar-refractivity contribution >= 4 is 5.97 Å². The molecule has 1 saturated carbocycles. The van der Waals surface area contributed by atoms with Gasteiger partial charge in [0.2, 0.25) is 0 Å². The lowest BCUT2D eigenvalue weighted by Gasteiger charge is -2.42. The second kappa shape index (κ2) is 4.72. The van der Waals surface area contributed by atoms with Gasteiger partial charge in [0.05, 0.1) is 0 Å². The van der Waals surface area contributed by atoms with Gasteiger partial charge in [-0.25, -0.2) is 0 Å². The highest BCUT2D eigenvalue weighted by molar-refractivity contribution is 5.79. The van der Waals surface area contributed by atoms with E-state index >= 15 is 0 Å². The molecule has 1 heterocycles. The van der Waals surface area contributed by atoms with Gasteiger partial charge in [0.15, 0.2) is 0 Å². The minimum absolute atomic E-state index is 0.535. The van der Waals surface area contributed by atoms with E-state index in [9.17, 15) is 4.79 Å². The van der Waals surface area contributed by atoms with Crippen LogP contribution in [0.4, 0.5) is 0 Å². The molecule has 1 aliphatic carbocycles. The van der Waals surface area contributed by atoms with Gasteiger partial charge in [-0.05, 0) is 32.2 Å². The normalized spacial score (nSPS) is 33.8. The molecule has 2 aliphatic rings. The lowest BCUT2D eigenvalue weighted by atomic mass is 9.86. The summed E-state index contributed by atoms with van der Waals surface area (Å²) >= 11 is 0. The number of likely N-dealkylation sites (tertiary alicyclic amines) is 1. The predicted molar refractivity (Wildman–Crippen MR) is 62.2 cm³/mol. The molecule has 2 fully saturated rings. The number of aliphatic carboxylic acids is 1. The molecule has 2 rings (SSSR count). The number of piperidine rings is 1. The van der Waals surface area contributed by atoms with Crippen molar-refractivity contribution in [1.82, 2.24) is 4.90 Å². The van der Waals surface area contributed by atoms with Crippen LogP contribution < -0.4 is 5.73 Å². The standard InChI is InChI=1S/C12H22N2O2/c13-12(11(15)16)7-4-8-14(9-12)10-5-2-1-3-6-10/h10H,1-9,13H2,(H,15,16). The molecule has 0 amide bonds. The fraction of sp³-hybridized carbons (Fsp3) is 0.917. The van der Waals surface area contributed by atoms with Gasteiger partial charge in [0.25, 0.3) is 0 Å². The number of carbonyl (C=O) groups is 1. The Hall–Kier alpha value is -0.610. The SMILES string of the molecule is NC1(C(=O)O)CCCN(C2CCCCC2)C1. The second-order valence-corrected chi connectivity index (χ2v) is 5.33. The highest BCUT2D eigenvalue weighted by Gasteiger charge is 2.40. The number of nitrogens with zero attached hydrogens (tertiary/aromatic N) is 1. The van der Waals surface area contributed by atoms with Crippen molar-refractivity contribution in [1.29, 1.82) is 0 Å². The van der Waals surface area contributed by atoms with Gasteiger partial charge in [-0.2, -0.15) is 0 Å². The summed E-state index contributed by atoms with van der Waals surface area (Å²) in [5.41, 5.74) is 4.95. The predicted octanol–water partition coefficient (Wildman–Crippen LogP) is 1.20. The average Bonchev–Trinajstić information content (AvgIpc) is 2.30. The van der Waals surface area contributed by atoms with E-state index in [4.69, 9.17) is 10.8 Å². The third kappa shape index (κ3) is 2.38. The first-order valence-corrected chi connectivity index (χ1v) is 6.38. The number of rotatable bonds is 2. The maximum atomic E-state index is 11.2. The molecular formula is C12H22N2O2. The van der Waals surface area contributed by atoms with E-state index in [1.54, 1.807) is 0 Å². The molecule has 1 unspecified atom stereocenters. The molecule has 3 N–H and O–H groups in total. The minimum Gasteiger partial charge on any atom is -0.480 e. The van der Waals surface area contributed by atoms with Crippen LogP contribution in [0.25, 0.3) is 0 Å². The van der Waals surface area contributed by atoms with E-state index < -0.39 is 11.5 Å². The zero-order valence-electron chi connectivity index (χ0n) is 9.82. The molecule has 0 radical (unpaired) electrons. The Balaban J connectivity index is 1.98. The lowest BCUT2D eigenvalue weighted by Crippen LogP contribution is -2.61. The smallest absolute Gasteiger partial charge is 0.325 e. The number of carboxylic acid groups (broad SMARTS) is 1. The molecular weight excluding hydrogens is 204 g/mol. The van der Waals surface area contributed by atoms with E-state index in [-0.39, 0.29) is 0 Å². The first kappa shape index (κ1) is 11.9. The van der Waals surface area contributed by atoms with Crippen LogP contribution in [-0.2, 0) is 4.79 Å². The Morgan fingerprint density at radius 1 is 1.25 bits per heavy atom. The summed E-state index contributed by atoms with van der Waals surface area (Å²) in [5, 5.41) is 9.16. The van der Waals surface area contributed by atoms with Crippen molar-refractivity contribution < 1.29 is 9.90 Å². The van der Waals surface area contributed by atoms with Crippen LogP contribution in [0.15, 0.2) is 0 Å². The summed E-state index contributed by atoms with van der Waals surface area (Å²) in [6, 6.07) is 0.580. The minimum atomic E-state index is -1.00. The van der Waals surface area contributed by atoms with Crippen LogP contribution in [0.5, 0.6) is 0 Å². The zero-order chi connectivity index (χ0) is 11.6. The van der Waals surface area contributed by atoms with Crippen LogP contribution >= 0.6 is 0 Å². The monoisotopic (exact) mass is 226 g/mol. The molecule has 1 saturated heterocycles. The van der Waals surface area contributed by atoms with Crippen molar-refractivity contribution in [2.45, 2.75) is 56.5 Å². The van der Waals surface area contributed by atoms with Crippen LogP contribution in [0.2, 0.25) is 0 Å². The molecule has 1 aliphatic heterocycles. The summed E-state index contributed by atoms with van der Waals surface area (Å²) in [5.74, 6) is -0.840. The zero-order valence-corrected chi connectivity index (χ0v) is 9.82. The molecule has 92 valence electrons. The Bertz CT molecular complexity index is 264. The summed E-state index contributed by atoms with van der Waals surface area (Å²) in [6.07, 6.45) is 7.87. The summed E-state index contributed by atoms with van der Waals surface area (Å²) in [7, 11) is 0. The lowest BCUT2D eigenvalue weighted by molar-refractivity contribution is -0.146. The van der Waals surface area contributed by atoms with Crippen LogP contribution in [0.1, 0.15) is 44.9 Å². The number of hydrogen-bond donors (Lipinski definition) is 2. The Kier molecular flexibility index (Phi) is 3.50. The van der Waals surface area contributed by atoms with Crippen molar-refractivity contribution in [2.24, 2.45) is 5.73 Å². The molecule has 0 aromatic heterocycles. The van der Waals surface area contributed by atoms with E-state index in [0.717, 1.165) is 13.0 Å². The van der Waals surface area contributed by atoms with Gasteiger partial charge < -0.3 is 10.8 Å². The number of nitrogens with two attached hydrogens (primary N) is 1. The third-order valence-electron chi connectivity index (χ3n) is 4.07. The number of hydrogen-bond acceptors (Lipinski definition) is 3. The van der Waals surface area contributed by atoms with Gasteiger partial charge in [-0.15, -0.1) is 0 Å². The molecule has 4 heteroatoms. The quantitative estimate of drug-likeness (QED) is 0.742. The third-order valence-corrected chi connectivity index (χ3v) is 4.07. The molecule has 0 spiro atoms. The van der Waals surface area contributed by atoms with Gasteiger partial charge in [0.1, 0.15) is 5.54 Å². The van der Waals surface area contributed by atoms with Crippen LogP contribution in [0.3, 0.4) is 0 Å². The summed E-state index contributed by atoms with van der Waals surface area (Å²) in [4.78, 5) is 13.5. The Morgan fingerprint density at radius 3 is 2.56 bits per heavy atom. The first-order chi connectivity index (χ1) is 7.62. The van der Waals surface area contributed by atoms with Gasteiger partial charge in [-0.1, -0.05) is 19.3 Å². The highest BCUT2D eigenvalue weighted by atomic mass is 16.4. The van der Waals surface area contributed by atoms with Crippen molar-refractivity contribution in [3.8, 4) is 0 Å². The largest absolute Gasteiger partial charge is 0.480 e. The van der Waals surface area contributed by atoms with E-state index in [1.807, 2.05) is 0 Å². The van der Waals surface area contributed by atoms with E-state index in [0.29, 0.717) is 19.0 Å². The van der Waals surface area contributed by atoms with Gasteiger partial charge >= 0.3 is 5.97 Å². The second-order valence-electron chi connectivity index (χ2n) is 5.33. The van der Waals surface area contributed by atoms with E-state index in [1.165, 1.54) is 32.1 Å². The van der Waals surface area contributed by atoms with Crippen molar-refractivity contribution in [2.75, 3.05) is 13.1 Å². The van der Waals surface area contributed by atoms with Crippen LogP contribution in [0, 0.1) is 0 Å². The summed E-state index contributed by atoms with van der Waals surface area (Å²) in [6.45, 7) is 1.56. The fourth-order valence-corrected chi connectivity index (χ4v) is 3.05. The number of carboxylic acids is 1. The van der Waals surface area contributed by atoms with Crippen molar-refractivity contribution in [3.63, 3.8) is 0 Å². The molecule has 0 aromatic carbocycles. The first-order valence-electron chi connectivity index (χ1n) is 6.38. The Morgan fingerprint density at radius 2 is 1.94 bits per heavy atom. The Labute approximate surface area is 96.8 Å². The molecule has 0 aromatic rings. The van der Waals surface area contributed by atoms with Gasteiger partial charge in [0, 0.05) is 12.6 Å². The van der Waals surface area contributed by atoms with Gasteiger partial charge in [-0.3, -0.25) is 9.69 Å². The molecule has 0 bridgehead atoms. The molecule has 1 atom stereocenters. The maximum absolute atomic E-state index is 11.2. The molecule has 16 heavy (non-hydrogen) atoms. The van der Waals surface area contributed by atoms with Crippen molar-refractivity contribution in [3.05, 3.63) is 0 Å². The van der Waals surface area contributed by atoms with E-state index in [2.05, 4.69) is 4.90 Å². The fourth-order valence-electron chi connectivity index (χ4n) is 3.05. The topological polar surface area (TPSA) is 66.6 Å². The maximum Gasteiger partial charge on any atom is 0.325 e. The average molecular weight is 226 g/mol. The molecule has 4 nitrogen and oxygen atoms in total. The van der Waals surface area contributed by atoms with Crippen LogP contribution in [-0.4, -0.2) is 40.6 Å².